The summed E-state index contributed by atoms with van der Waals surface area (Å²) in [7, 11) is -3.98. The van der Waals surface area contributed by atoms with Gasteiger partial charge in [-0.05, 0) is 55.3 Å². The van der Waals surface area contributed by atoms with E-state index in [1.807, 2.05) is 32.0 Å². The Labute approximate surface area is 199 Å². The fourth-order valence-electron chi connectivity index (χ4n) is 3.37. The maximum Gasteiger partial charge on any atom is 0.338 e. The van der Waals surface area contributed by atoms with E-state index in [0.29, 0.717) is 11.4 Å². The average molecular weight is 479 g/mol. The van der Waals surface area contributed by atoms with Gasteiger partial charge in [-0.2, -0.15) is 0 Å². The molecule has 0 atom stereocenters. The van der Waals surface area contributed by atoms with Crippen LogP contribution in [0.2, 0.25) is 0 Å². The molecular weight excluding hydrogens is 452 g/mol. The van der Waals surface area contributed by atoms with Crippen molar-refractivity contribution >= 4 is 33.3 Å². The number of nitrogens with one attached hydrogen (secondary N) is 1. The molecule has 0 bridgehead atoms. The van der Waals surface area contributed by atoms with Crippen LogP contribution in [0.4, 0.5) is 11.4 Å². The monoisotopic (exact) mass is 478 g/mol. The standard InChI is InChI=1S/C26H26N2O5S/c1-4-16-28(22-13-6-5-7-14-22)34(31,32)23-15-9-12-21(17-23)26(30)33-18-24(29)27-25-19(2)10-8-11-20(25)3/h4-15,17H,1,16,18H2,2-3H3,(H,27,29). The molecule has 3 aromatic carbocycles. The largest absolute Gasteiger partial charge is 0.452 e. The van der Waals surface area contributed by atoms with Gasteiger partial charge >= 0.3 is 5.97 Å². The van der Waals surface area contributed by atoms with E-state index in [1.54, 1.807) is 30.3 Å². The smallest absolute Gasteiger partial charge is 0.338 e. The molecule has 0 unspecified atom stereocenters. The molecule has 3 aromatic rings. The van der Waals surface area contributed by atoms with E-state index in [4.69, 9.17) is 4.74 Å². The number of carbonyl (C=O) groups is 2. The third kappa shape index (κ3) is 5.71. The topological polar surface area (TPSA) is 92.8 Å². The van der Waals surface area contributed by atoms with Crippen molar-refractivity contribution < 1.29 is 22.7 Å². The van der Waals surface area contributed by atoms with Crippen molar-refractivity contribution in [2.45, 2.75) is 18.7 Å². The zero-order valence-electron chi connectivity index (χ0n) is 19.0. The number of hydrogen-bond acceptors (Lipinski definition) is 5. The lowest BCUT2D eigenvalue weighted by molar-refractivity contribution is -0.119. The summed E-state index contributed by atoms with van der Waals surface area (Å²) in [5.41, 5.74) is 2.94. The summed E-state index contributed by atoms with van der Waals surface area (Å²) in [6.07, 6.45) is 1.48. The van der Waals surface area contributed by atoms with E-state index in [2.05, 4.69) is 11.9 Å². The Morgan fingerprint density at radius 1 is 0.971 bits per heavy atom. The predicted octanol–water partition coefficient (Wildman–Crippen LogP) is 4.48. The summed E-state index contributed by atoms with van der Waals surface area (Å²) in [6, 6.07) is 19.8. The van der Waals surface area contributed by atoms with Crippen LogP contribution in [0.5, 0.6) is 0 Å². The minimum atomic E-state index is -3.98. The fraction of sp³-hybridized carbons (Fsp3) is 0.154. The van der Waals surface area contributed by atoms with Gasteiger partial charge in [-0.1, -0.05) is 48.5 Å². The molecule has 0 saturated heterocycles. The van der Waals surface area contributed by atoms with Crippen LogP contribution in [0, 0.1) is 13.8 Å². The van der Waals surface area contributed by atoms with Crippen LogP contribution >= 0.6 is 0 Å². The number of rotatable bonds is 9. The first-order chi connectivity index (χ1) is 16.2. The van der Waals surface area contributed by atoms with Gasteiger partial charge in [-0.3, -0.25) is 9.10 Å². The second kappa shape index (κ2) is 10.8. The van der Waals surface area contributed by atoms with Crippen molar-refractivity contribution in [2.24, 2.45) is 0 Å². The van der Waals surface area contributed by atoms with Gasteiger partial charge in [-0.25, -0.2) is 13.2 Å². The van der Waals surface area contributed by atoms with Crippen LogP contribution in [0.3, 0.4) is 0 Å². The molecule has 1 N–H and O–H groups in total. The van der Waals surface area contributed by atoms with Crippen LogP contribution in [0.25, 0.3) is 0 Å². The lowest BCUT2D eigenvalue weighted by Crippen LogP contribution is -2.31. The first-order valence-corrected chi connectivity index (χ1v) is 12.0. The van der Waals surface area contributed by atoms with Gasteiger partial charge < -0.3 is 10.1 Å². The molecule has 0 aromatic heterocycles. The summed E-state index contributed by atoms with van der Waals surface area (Å²) >= 11 is 0. The highest BCUT2D eigenvalue weighted by molar-refractivity contribution is 7.92. The Balaban J connectivity index is 1.74. The molecule has 34 heavy (non-hydrogen) atoms. The molecule has 176 valence electrons. The van der Waals surface area contributed by atoms with Crippen molar-refractivity contribution in [3.05, 3.63) is 102 Å². The second-order valence-electron chi connectivity index (χ2n) is 7.58. The highest BCUT2D eigenvalue weighted by Gasteiger charge is 2.25. The Kier molecular flexibility index (Phi) is 7.86. The number of esters is 1. The van der Waals surface area contributed by atoms with Crippen molar-refractivity contribution in [3.63, 3.8) is 0 Å². The third-order valence-corrected chi connectivity index (χ3v) is 6.87. The van der Waals surface area contributed by atoms with Gasteiger partial charge in [0.05, 0.1) is 22.7 Å². The highest BCUT2D eigenvalue weighted by atomic mass is 32.2. The summed E-state index contributed by atoms with van der Waals surface area (Å²) < 4.78 is 32.9. The number of aryl methyl sites for hydroxylation is 2. The lowest BCUT2D eigenvalue weighted by atomic mass is 10.1. The van der Waals surface area contributed by atoms with Crippen LogP contribution in [-0.2, 0) is 19.6 Å². The molecule has 0 aliphatic heterocycles. The zero-order valence-corrected chi connectivity index (χ0v) is 19.8. The molecule has 8 heteroatoms. The number of nitrogens with zero attached hydrogens (tertiary/aromatic N) is 1. The van der Waals surface area contributed by atoms with Gasteiger partial charge in [-0.15, -0.1) is 6.58 Å². The summed E-state index contributed by atoms with van der Waals surface area (Å²) in [5, 5.41) is 2.74. The summed E-state index contributed by atoms with van der Waals surface area (Å²) in [5.74, 6) is -1.29. The number of hydrogen-bond donors (Lipinski definition) is 1. The minimum absolute atomic E-state index is 0.0209. The molecule has 0 radical (unpaired) electrons. The van der Waals surface area contributed by atoms with Gasteiger partial charge in [0.25, 0.3) is 15.9 Å². The number of ether oxygens (including phenoxy) is 1. The normalized spacial score (nSPS) is 10.9. The predicted molar refractivity (Wildman–Crippen MR) is 132 cm³/mol. The number of amides is 1. The Bertz CT molecular complexity index is 1280. The zero-order chi connectivity index (χ0) is 24.7. The SMILES string of the molecule is C=CCN(c1ccccc1)S(=O)(=O)c1cccc(C(=O)OCC(=O)Nc2c(C)cccc2C)c1. The molecule has 0 spiro atoms. The maximum absolute atomic E-state index is 13.3. The number of anilines is 2. The van der Waals surface area contributed by atoms with Crippen LogP contribution in [0.1, 0.15) is 21.5 Å². The third-order valence-electron chi connectivity index (χ3n) is 5.08. The lowest BCUT2D eigenvalue weighted by Gasteiger charge is -2.23. The van der Waals surface area contributed by atoms with E-state index >= 15 is 0 Å². The fourth-order valence-corrected chi connectivity index (χ4v) is 4.85. The van der Waals surface area contributed by atoms with Crippen molar-refractivity contribution in [2.75, 3.05) is 22.8 Å². The van der Waals surface area contributed by atoms with E-state index in [9.17, 15) is 18.0 Å². The second-order valence-corrected chi connectivity index (χ2v) is 9.44. The molecule has 0 saturated carbocycles. The Morgan fingerprint density at radius 3 is 2.26 bits per heavy atom. The van der Waals surface area contributed by atoms with Crippen LogP contribution in [0.15, 0.2) is 90.3 Å². The number of para-hydroxylation sites is 2. The average Bonchev–Trinajstić information content (AvgIpc) is 2.84. The Morgan fingerprint density at radius 2 is 1.62 bits per heavy atom. The number of carbonyl (C=O) groups excluding carboxylic acids is 2. The quantitative estimate of drug-likeness (QED) is 0.362. The van der Waals surface area contributed by atoms with Crippen molar-refractivity contribution in [3.8, 4) is 0 Å². The van der Waals surface area contributed by atoms with Crippen LogP contribution in [-0.4, -0.2) is 33.4 Å². The number of sulfonamides is 1. The maximum atomic E-state index is 13.3. The van der Waals surface area contributed by atoms with E-state index in [-0.39, 0.29) is 17.0 Å². The number of benzene rings is 3. The van der Waals surface area contributed by atoms with Gasteiger partial charge in [0.15, 0.2) is 6.61 Å². The summed E-state index contributed by atoms with van der Waals surface area (Å²) in [6.45, 7) is 6.93. The molecule has 1 amide bonds. The molecule has 7 nitrogen and oxygen atoms in total. The van der Waals surface area contributed by atoms with Crippen LogP contribution < -0.4 is 9.62 Å². The molecular formula is C26H26N2O5S. The molecule has 0 aliphatic rings. The molecule has 0 heterocycles. The van der Waals surface area contributed by atoms with Crippen molar-refractivity contribution in [1.29, 1.82) is 0 Å². The van der Waals surface area contributed by atoms with Gasteiger partial charge in [0, 0.05) is 5.69 Å². The van der Waals surface area contributed by atoms with Gasteiger partial charge in [0.1, 0.15) is 0 Å². The van der Waals surface area contributed by atoms with E-state index < -0.39 is 28.5 Å². The Hall–Kier alpha value is -3.91. The minimum Gasteiger partial charge on any atom is -0.452 e. The first kappa shape index (κ1) is 24.7. The summed E-state index contributed by atoms with van der Waals surface area (Å²) in [4.78, 5) is 24.8. The van der Waals surface area contributed by atoms with Gasteiger partial charge in [0.2, 0.25) is 0 Å². The first-order valence-electron chi connectivity index (χ1n) is 10.6. The van der Waals surface area contributed by atoms with Crippen molar-refractivity contribution in [1.82, 2.24) is 0 Å². The van der Waals surface area contributed by atoms with E-state index in [1.165, 1.54) is 34.6 Å². The molecule has 3 rings (SSSR count). The van der Waals surface area contributed by atoms with E-state index in [0.717, 1.165) is 11.1 Å². The highest BCUT2D eigenvalue weighted by Crippen LogP contribution is 2.24. The molecule has 0 fully saturated rings. The molecule has 0 aliphatic carbocycles.